The molecule has 0 radical (unpaired) electrons. The summed E-state index contributed by atoms with van der Waals surface area (Å²) in [6.07, 6.45) is 0. The number of aryl methyl sites for hydroxylation is 1. The Balaban J connectivity index is 2.17. The molecule has 0 unspecified atom stereocenters. The van der Waals surface area contributed by atoms with Crippen molar-refractivity contribution in [2.24, 2.45) is 0 Å². The maximum Gasteiger partial charge on any atom is 0.127 e. The van der Waals surface area contributed by atoms with Gasteiger partial charge >= 0.3 is 0 Å². The fourth-order valence-corrected chi connectivity index (χ4v) is 2.21. The minimum atomic E-state index is 0.487. The van der Waals surface area contributed by atoms with Crippen LogP contribution in [0.25, 0.3) is 0 Å². The van der Waals surface area contributed by atoms with E-state index in [9.17, 15) is 0 Å². The lowest BCUT2D eigenvalue weighted by molar-refractivity contribution is 0.300. The molecule has 0 saturated heterocycles. The van der Waals surface area contributed by atoms with Gasteiger partial charge in [-0.15, -0.1) is 0 Å². The first kappa shape index (κ1) is 13.9. The Bertz CT molecular complexity index is 554. The van der Waals surface area contributed by atoms with Gasteiger partial charge in [0.25, 0.3) is 0 Å². The van der Waals surface area contributed by atoms with Crippen LogP contribution in [-0.2, 0) is 13.2 Å². The molecule has 0 bridgehead atoms. The molecule has 0 spiro atoms. The molecule has 2 nitrogen and oxygen atoms in total. The van der Waals surface area contributed by atoms with Crippen LogP contribution >= 0.6 is 11.6 Å². The summed E-state index contributed by atoms with van der Waals surface area (Å²) in [5.74, 6) is 0.941. The van der Waals surface area contributed by atoms with E-state index in [1.807, 2.05) is 37.4 Å². The van der Waals surface area contributed by atoms with E-state index in [2.05, 4.69) is 24.4 Å². The lowest BCUT2D eigenvalue weighted by Crippen LogP contribution is -2.08. The van der Waals surface area contributed by atoms with Crippen molar-refractivity contribution >= 4 is 11.6 Å². The number of para-hydroxylation sites is 1. The summed E-state index contributed by atoms with van der Waals surface area (Å²) < 4.78 is 5.96. The fourth-order valence-electron chi connectivity index (χ4n) is 2.01. The second-order valence-corrected chi connectivity index (χ2v) is 4.88. The zero-order chi connectivity index (χ0) is 13.7. The first-order valence-corrected chi connectivity index (χ1v) is 6.69. The lowest BCUT2D eigenvalue weighted by Gasteiger charge is -2.14. The Labute approximate surface area is 119 Å². The number of benzene rings is 2. The molecule has 0 aliphatic carbocycles. The molecule has 0 fully saturated rings. The molecule has 0 heterocycles. The average Bonchev–Trinajstić information content (AvgIpc) is 2.40. The molecule has 0 saturated carbocycles. The van der Waals surface area contributed by atoms with E-state index >= 15 is 0 Å². The first-order valence-electron chi connectivity index (χ1n) is 6.31. The van der Waals surface area contributed by atoms with Gasteiger partial charge in [0.05, 0.1) is 0 Å². The van der Waals surface area contributed by atoms with Crippen molar-refractivity contribution in [2.45, 2.75) is 20.1 Å². The zero-order valence-electron chi connectivity index (χ0n) is 11.2. The molecule has 0 atom stereocenters. The maximum absolute atomic E-state index is 6.14. The summed E-state index contributed by atoms with van der Waals surface area (Å²) in [5.41, 5.74) is 3.30. The monoisotopic (exact) mass is 275 g/mol. The van der Waals surface area contributed by atoms with Crippen LogP contribution in [0.2, 0.25) is 5.02 Å². The van der Waals surface area contributed by atoms with Crippen LogP contribution < -0.4 is 10.1 Å². The maximum atomic E-state index is 6.14. The van der Waals surface area contributed by atoms with Gasteiger partial charge in [-0.2, -0.15) is 0 Å². The van der Waals surface area contributed by atoms with E-state index < -0.39 is 0 Å². The fraction of sp³-hybridized carbons (Fsp3) is 0.250. The Morgan fingerprint density at radius 3 is 2.53 bits per heavy atom. The topological polar surface area (TPSA) is 21.3 Å². The van der Waals surface area contributed by atoms with E-state index in [4.69, 9.17) is 16.3 Å². The van der Waals surface area contributed by atoms with Gasteiger partial charge in [0.15, 0.2) is 0 Å². The van der Waals surface area contributed by atoms with Crippen molar-refractivity contribution in [2.75, 3.05) is 7.05 Å². The quantitative estimate of drug-likeness (QED) is 0.892. The van der Waals surface area contributed by atoms with Gasteiger partial charge in [-0.25, -0.2) is 0 Å². The van der Waals surface area contributed by atoms with Crippen LogP contribution in [0.4, 0.5) is 0 Å². The smallest absolute Gasteiger partial charge is 0.127 e. The lowest BCUT2D eigenvalue weighted by atomic mass is 10.1. The number of rotatable bonds is 5. The predicted molar refractivity (Wildman–Crippen MR) is 79.7 cm³/mol. The highest BCUT2D eigenvalue weighted by Crippen LogP contribution is 2.25. The molecule has 0 aliphatic rings. The highest BCUT2D eigenvalue weighted by Gasteiger charge is 2.07. The average molecular weight is 276 g/mol. The van der Waals surface area contributed by atoms with Crippen molar-refractivity contribution in [3.63, 3.8) is 0 Å². The molecule has 19 heavy (non-hydrogen) atoms. The van der Waals surface area contributed by atoms with E-state index in [-0.39, 0.29) is 0 Å². The van der Waals surface area contributed by atoms with Gasteiger partial charge in [0.2, 0.25) is 0 Å². The molecule has 2 rings (SSSR count). The molecular formula is C16H18ClNO. The molecular weight excluding hydrogens is 258 g/mol. The summed E-state index contributed by atoms with van der Waals surface area (Å²) in [6, 6.07) is 13.9. The van der Waals surface area contributed by atoms with Gasteiger partial charge in [-0.05, 0) is 25.6 Å². The second kappa shape index (κ2) is 6.60. The van der Waals surface area contributed by atoms with E-state index in [1.165, 1.54) is 0 Å². The molecule has 3 heteroatoms. The van der Waals surface area contributed by atoms with Crippen LogP contribution in [0.15, 0.2) is 42.5 Å². The summed E-state index contributed by atoms with van der Waals surface area (Å²) in [6.45, 7) is 3.34. The summed E-state index contributed by atoms with van der Waals surface area (Å²) >= 11 is 6.14. The third kappa shape index (κ3) is 3.49. The van der Waals surface area contributed by atoms with Gasteiger partial charge in [0.1, 0.15) is 12.4 Å². The van der Waals surface area contributed by atoms with Crippen LogP contribution in [0.3, 0.4) is 0 Å². The highest BCUT2D eigenvalue weighted by molar-refractivity contribution is 6.31. The largest absolute Gasteiger partial charge is 0.488 e. The molecule has 2 aromatic rings. The first-order chi connectivity index (χ1) is 9.22. The van der Waals surface area contributed by atoms with Crippen molar-refractivity contribution in [1.82, 2.24) is 5.32 Å². The van der Waals surface area contributed by atoms with Crippen molar-refractivity contribution in [1.29, 1.82) is 0 Å². The van der Waals surface area contributed by atoms with Crippen LogP contribution in [0, 0.1) is 6.92 Å². The van der Waals surface area contributed by atoms with Crippen molar-refractivity contribution in [3.8, 4) is 5.75 Å². The van der Waals surface area contributed by atoms with Gasteiger partial charge in [-0.1, -0.05) is 48.0 Å². The Kier molecular flexibility index (Phi) is 4.83. The number of ether oxygens (including phenoxy) is 1. The zero-order valence-corrected chi connectivity index (χ0v) is 12.0. The van der Waals surface area contributed by atoms with Gasteiger partial charge in [-0.3, -0.25) is 0 Å². The minimum Gasteiger partial charge on any atom is -0.488 e. The number of halogens is 1. The predicted octanol–water partition coefficient (Wildman–Crippen LogP) is 3.95. The molecule has 0 amide bonds. The van der Waals surface area contributed by atoms with E-state index in [0.29, 0.717) is 6.61 Å². The highest BCUT2D eigenvalue weighted by atomic mass is 35.5. The SMILES string of the molecule is CNCc1cccc(C)c1OCc1ccccc1Cl. The summed E-state index contributed by atoms with van der Waals surface area (Å²) in [5, 5.41) is 3.90. The standard InChI is InChI=1S/C16H18ClNO/c1-12-6-5-8-13(10-18-2)16(12)19-11-14-7-3-4-9-15(14)17/h3-9,18H,10-11H2,1-2H3. The second-order valence-electron chi connectivity index (χ2n) is 4.47. The number of nitrogens with one attached hydrogen (secondary N) is 1. The van der Waals surface area contributed by atoms with Crippen molar-refractivity contribution < 1.29 is 4.74 Å². The molecule has 1 N–H and O–H groups in total. The summed E-state index contributed by atoms with van der Waals surface area (Å²) in [7, 11) is 1.93. The Morgan fingerprint density at radius 1 is 1.05 bits per heavy atom. The van der Waals surface area contributed by atoms with E-state index in [1.54, 1.807) is 0 Å². The van der Waals surface area contributed by atoms with Crippen LogP contribution in [-0.4, -0.2) is 7.05 Å². The molecule has 0 aliphatic heterocycles. The van der Waals surface area contributed by atoms with Crippen LogP contribution in [0.1, 0.15) is 16.7 Å². The normalized spacial score (nSPS) is 10.5. The molecule has 2 aromatic carbocycles. The summed E-state index contributed by atoms with van der Waals surface area (Å²) in [4.78, 5) is 0. The van der Waals surface area contributed by atoms with Crippen LogP contribution in [0.5, 0.6) is 5.75 Å². The Hall–Kier alpha value is -1.51. The molecule has 0 aromatic heterocycles. The van der Waals surface area contributed by atoms with E-state index in [0.717, 1.165) is 34.0 Å². The third-order valence-corrected chi connectivity index (χ3v) is 3.36. The van der Waals surface area contributed by atoms with Crippen molar-refractivity contribution in [3.05, 3.63) is 64.2 Å². The molecule has 100 valence electrons. The third-order valence-electron chi connectivity index (χ3n) is 2.99. The van der Waals surface area contributed by atoms with Gasteiger partial charge in [0, 0.05) is 22.7 Å². The minimum absolute atomic E-state index is 0.487. The number of hydrogen-bond donors (Lipinski definition) is 1. The van der Waals surface area contributed by atoms with Gasteiger partial charge < -0.3 is 10.1 Å². The number of hydrogen-bond acceptors (Lipinski definition) is 2. The Morgan fingerprint density at radius 2 is 1.79 bits per heavy atom.